The van der Waals surface area contributed by atoms with Crippen molar-refractivity contribution in [3.8, 4) is 11.5 Å². The van der Waals surface area contributed by atoms with E-state index in [9.17, 15) is 9.90 Å². The average molecular weight is 438 g/mol. The van der Waals surface area contributed by atoms with Crippen LogP contribution in [0.25, 0.3) is 0 Å². The third-order valence-corrected chi connectivity index (χ3v) is 5.84. The van der Waals surface area contributed by atoms with Gasteiger partial charge in [0, 0.05) is 0 Å². The van der Waals surface area contributed by atoms with Gasteiger partial charge in [-0.3, -0.25) is 4.90 Å². The Kier molecular flexibility index (Phi) is 5.89. The second kappa shape index (κ2) is 8.78. The molecule has 1 saturated carbocycles. The van der Waals surface area contributed by atoms with Crippen molar-refractivity contribution in [3.63, 3.8) is 0 Å². The molecule has 0 bridgehead atoms. The Morgan fingerprint density at radius 3 is 2.50 bits per heavy atom. The van der Waals surface area contributed by atoms with E-state index < -0.39 is 11.6 Å². The SMILES string of the molecule is COc1c(OCc2ccccc2)ccc(C(=O)O)c1N1C(N)=NC(N)=NC12CCCCC2. The molecule has 168 valence electrons. The van der Waals surface area contributed by atoms with Crippen molar-refractivity contribution in [2.45, 2.75) is 44.4 Å². The average Bonchev–Trinajstić information content (AvgIpc) is 2.78. The summed E-state index contributed by atoms with van der Waals surface area (Å²) >= 11 is 0. The molecule has 0 atom stereocenters. The van der Waals surface area contributed by atoms with Crippen molar-refractivity contribution in [3.05, 3.63) is 53.6 Å². The van der Waals surface area contributed by atoms with E-state index in [4.69, 9.17) is 20.9 Å². The highest BCUT2D eigenvalue weighted by Gasteiger charge is 2.45. The van der Waals surface area contributed by atoms with Crippen LogP contribution in [0.3, 0.4) is 0 Å². The fourth-order valence-electron chi connectivity index (χ4n) is 4.44. The molecule has 1 aliphatic carbocycles. The monoisotopic (exact) mass is 437 g/mol. The Morgan fingerprint density at radius 2 is 1.84 bits per heavy atom. The normalized spacial score (nSPS) is 17.5. The maximum absolute atomic E-state index is 12.2. The highest BCUT2D eigenvalue weighted by molar-refractivity contribution is 6.10. The lowest BCUT2D eigenvalue weighted by atomic mass is 9.86. The second-order valence-corrected chi connectivity index (χ2v) is 7.89. The Balaban J connectivity index is 1.83. The molecule has 1 heterocycles. The summed E-state index contributed by atoms with van der Waals surface area (Å²) in [6.07, 6.45) is 4.22. The maximum Gasteiger partial charge on any atom is 0.337 e. The van der Waals surface area contributed by atoms with Gasteiger partial charge in [0.1, 0.15) is 18.0 Å². The lowest BCUT2D eigenvalue weighted by Crippen LogP contribution is -2.58. The minimum Gasteiger partial charge on any atom is -0.491 e. The van der Waals surface area contributed by atoms with Crippen molar-refractivity contribution in [2.24, 2.45) is 21.5 Å². The van der Waals surface area contributed by atoms with Crippen molar-refractivity contribution in [1.29, 1.82) is 0 Å². The Hall–Kier alpha value is -3.75. The minimum atomic E-state index is -1.12. The topological polar surface area (TPSA) is 136 Å². The molecule has 9 nitrogen and oxygen atoms in total. The van der Waals surface area contributed by atoms with Crippen molar-refractivity contribution in [2.75, 3.05) is 12.0 Å². The highest BCUT2D eigenvalue weighted by Crippen LogP contribution is 2.47. The molecular weight excluding hydrogens is 410 g/mol. The van der Waals surface area contributed by atoms with Crippen LogP contribution in [-0.2, 0) is 6.61 Å². The first-order chi connectivity index (χ1) is 15.4. The van der Waals surface area contributed by atoms with Gasteiger partial charge in [0.05, 0.1) is 12.7 Å². The second-order valence-electron chi connectivity index (χ2n) is 7.89. The Bertz CT molecular complexity index is 1060. The summed E-state index contributed by atoms with van der Waals surface area (Å²) in [6.45, 7) is 0.295. The van der Waals surface area contributed by atoms with Crippen LogP contribution in [-0.4, -0.2) is 35.8 Å². The quantitative estimate of drug-likeness (QED) is 0.632. The Morgan fingerprint density at radius 1 is 1.12 bits per heavy atom. The van der Waals surface area contributed by atoms with Gasteiger partial charge < -0.3 is 26.0 Å². The number of benzene rings is 2. The number of nitrogens with zero attached hydrogens (tertiary/aromatic N) is 3. The third kappa shape index (κ3) is 3.93. The number of hydrogen-bond donors (Lipinski definition) is 3. The fraction of sp³-hybridized carbons (Fsp3) is 0.348. The summed E-state index contributed by atoms with van der Waals surface area (Å²) in [5.74, 6) is -0.278. The van der Waals surface area contributed by atoms with Crippen LogP contribution in [0, 0.1) is 0 Å². The molecule has 5 N–H and O–H groups in total. The minimum absolute atomic E-state index is 0.0210. The van der Waals surface area contributed by atoms with E-state index in [0.717, 1.165) is 24.8 Å². The summed E-state index contributed by atoms with van der Waals surface area (Å²) in [4.78, 5) is 22.7. The molecule has 0 unspecified atom stereocenters. The van der Waals surface area contributed by atoms with E-state index in [-0.39, 0.29) is 28.9 Å². The number of guanidine groups is 2. The van der Waals surface area contributed by atoms with Crippen LogP contribution < -0.4 is 25.8 Å². The van der Waals surface area contributed by atoms with E-state index in [2.05, 4.69) is 9.98 Å². The van der Waals surface area contributed by atoms with Crippen LogP contribution >= 0.6 is 0 Å². The first-order valence-electron chi connectivity index (χ1n) is 10.6. The van der Waals surface area contributed by atoms with E-state index in [1.165, 1.54) is 13.2 Å². The van der Waals surface area contributed by atoms with E-state index in [1.54, 1.807) is 11.0 Å². The fourth-order valence-corrected chi connectivity index (χ4v) is 4.44. The van der Waals surface area contributed by atoms with E-state index in [0.29, 0.717) is 25.2 Å². The van der Waals surface area contributed by atoms with Gasteiger partial charge in [-0.15, -0.1) is 0 Å². The molecule has 1 aliphatic heterocycles. The number of carboxylic acid groups (broad SMARTS) is 1. The zero-order valence-corrected chi connectivity index (χ0v) is 18.0. The molecular formula is C23H27N5O4. The standard InChI is InChI=1S/C23H27N5O4/c1-31-19-17(32-14-15-8-4-2-5-9-15)11-10-16(20(29)30)18(19)28-22(25)26-21(24)27-23(28)12-6-3-7-13-23/h2,4-5,8-11H,3,6-7,12-14H2,1H3,(H,29,30)(H4,24,25,26,27). The zero-order valence-electron chi connectivity index (χ0n) is 18.0. The van der Waals surface area contributed by atoms with Gasteiger partial charge in [-0.1, -0.05) is 36.8 Å². The predicted molar refractivity (Wildman–Crippen MR) is 122 cm³/mol. The van der Waals surface area contributed by atoms with Crippen LogP contribution in [0.15, 0.2) is 52.4 Å². The van der Waals surface area contributed by atoms with Crippen LogP contribution in [0.5, 0.6) is 11.5 Å². The smallest absolute Gasteiger partial charge is 0.337 e. The van der Waals surface area contributed by atoms with Gasteiger partial charge in [0.2, 0.25) is 11.9 Å². The van der Waals surface area contributed by atoms with Gasteiger partial charge in [0.25, 0.3) is 0 Å². The van der Waals surface area contributed by atoms with Gasteiger partial charge in [-0.05, 0) is 43.4 Å². The van der Waals surface area contributed by atoms with E-state index in [1.807, 2.05) is 30.3 Å². The van der Waals surface area contributed by atoms with Crippen molar-refractivity contribution < 1.29 is 19.4 Å². The van der Waals surface area contributed by atoms with E-state index >= 15 is 0 Å². The maximum atomic E-state index is 12.2. The number of anilines is 1. The number of methoxy groups -OCH3 is 1. The lowest BCUT2D eigenvalue weighted by molar-refractivity contribution is 0.0697. The van der Waals surface area contributed by atoms with Crippen LogP contribution in [0.2, 0.25) is 0 Å². The largest absolute Gasteiger partial charge is 0.491 e. The number of ether oxygens (including phenoxy) is 2. The summed E-state index contributed by atoms with van der Waals surface area (Å²) in [5, 5.41) is 9.98. The number of carboxylic acids is 1. The number of carbonyl (C=O) groups is 1. The lowest BCUT2D eigenvalue weighted by Gasteiger charge is -2.46. The first-order valence-corrected chi connectivity index (χ1v) is 10.6. The van der Waals surface area contributed by atoms with Crippen LogP contribution in [0.4, 0.5) is 5.69 Å². The summed E-state index contributed by atoms with van der Waals surface area (Å²) in [6, 6.07) is 12.8. The summed E-state index contributed by atoms with van der Waals surface area (Å²) in [5.41, 5.74) is 12.8. The molecule has 0 aromatic heterocycles. The Labute approximate surface area is 186 Å². The number of aromatic carboxylic acids is 1. The molecule has 32 heavy (non-hydrogen) atoms. The molecule has 2 aliphatic rings. The molecule has 0 radical (unpaired) electrons. The number of nitrogens with two attached hydrogens (primary N) is 2. The molecule has 2 aromatic rings. The first kappa shape index (κ1) is 21.5. The molecule has 4 rings (SSSR count). The molecule has 0 saturated heterocycles. The highest BCUT2D eigenvalue weighted by atomic mass is 16.5. The molecule has 1 fully saturated rings. The molecule has 9 heteroatoms. The molecule has 0 amide bonds. The third-order valence-electron chi connectivity index (χ3n) is 5.84. The number of aliphatic imine (C=N–C) groups is 2. The van der Waals surface area contributed by atoms with Gasteiger partial charge >= 0.3 is 5.97 Å². The van der Waals surface area contributed by atoms with Gasteiger partial charge in [-0.2, -0.15) is 4.99 Å². The number of hydrogen-bond acceptors (Lipinski definition) is 8. The van der Waals surface area contributed by atoms with Crippen molar-refractivity contribution >= 4 is 23.6 Å². The van der Waals surface area contributed by atoms with Crippen molar-refractivity contribution in [1.82, 2.24) is 0 Å². The molecule has 2 aromatic carbocycles. The van der Waals surface area contributed by atoms with Gasteiger partial charge in [0.15, 0.2) is 11.5 Å². The summed E-state index contributed by atoms with van der Waals surface area (Å²) in [7, 11) is 1.47. The number of rotatable bonds is 6. The van der Waals surface area contributed by atoms with Gasteiger partial charge in [-0.25, -0.2) is 9.79 Å². The molecule has 1 spiro atoms. The predicted octanol–water partition coefficient (Wildman–Crippen LogP) is 3.08. The zero-order chi connectivity index (χ0) is 22.7. The summed E-state index contributed by atoms with van der Waals surface area (Å²) < 4.78 is 11.7. The van der Waals surface area contributed by atoms with Crippen LogP contribution in [0.1, 0.15) is 48.0 Å².